The van der Waals surface area contributed by atoms with Gasteiger partial charge in [0.1, 0.15) is 11.5 Å². The molecule has 0 unspecified atom stereocenters. The molecular weight excluding hydrogens is 336 g/mol. The number of benzene rings is 1. The Morgan fingerprint density at radius 2 is 2.00 bits per heavy atom. The van der Waals surface area contributed by atoms with Gasteiger partial charge >= 0.3 is 5.91 Å². The van der Waals surface area contributed by atoms with Crippen molar-refractivity contribution in [3.05, 3.63) is 47.0 Å². The van der Waals surface area contributed by atoms with E-state index < -0.39 is 5.91 Å². The second-order valence-corrected chi connectivity index (χ2v) is 5.49. The Balaban J connectivity index is 1.79. The number of hydrazone groups is 1. The zero-order chi connectivity index (χ0) is 18.7. The Morgan fingerprint density at radius 1 is 1.19 bits per heavy atom. The van der Waals surface area contributed by atoms with E-state index in [9.17, 15) is 4.79 Å². The molecule has 0 atom stereocenters. The van der Waals surface area contributed by atoms with Crippen molar-refractivity contribution in [3.8, 4) is 11.5 Å². The zero-order valence-electron chi connectivity index (χ0n) is 14.8. The van der Waals surface area contributed by atoms with Crippen molar-refractivity contribution in [1.82, 2.24) is 25.0 Å². The first-order valence-electron chi connectivity index (χ1n) is 7.78. The second kappa shape index (κ2) is 7.18. The highest BCUT2D eigenvalue weighted by atomic mass is 16.5. The molecule has 3 aromatic rings. The summed E-state index contributed by atoms with van der Waals surface area (Å²) in [4.78, 5) is 20.6. The molecule has 0 aliphatic rings. The van der Waals surface area contributed by atoms with Crippen LogP contribution in [0.3, 0.4) is 0 Å². The van der Waals surface area contributed by atoms with Gasteiger partial charge in [0.2, 0.25) is 5.82 Å². The first-order valence-corrected chi connectivity index (χ1v) is 7.78. The average molecular weight is 354 g/mol. The van der Waals surface area contributed by atoms with E-state index in [1.807, 2.05) is 19.9 Å². The topological polar surface area (TPSA) is 103 Å². The number of methoxy groups -OCH3 is 2. The van der Waals surface area contributed by atoms with Gasteiger partial charge in [0.25, 0.3) is 5.78 Å². The van der Waals surface area contributed by atoms with E-state index in [0.29, 0.717) is 22.8 Å². The minimum absolute atomic E-state index is 0.0130. The number of nitrogens with zero attached hydrogens (tertiary/aromatic N) is 5. The Morgan fingerprint density at radius 3 is 2.73 bits per heavy atom. The van der Waals surface area contributed by atoms with Crippen molar-refractivity contribution in [1.29, 1.82) is 0 Å². The fourth-order valence-corrected chi connectivity index (χ4v) is 2.41. The summed E-state index contributed by atoms with van der Waals surface area (Å²) in [7, 11) is 3.12. The Hall–Kier alpha value is -3.49. The summed E-state index contributed by atoms with van der Waals surface area (Å²) in [6.45, 7) is 3.72. The molecule has 2 heterocycles. The zero-order valence-corrected chi connectivity index (χ0v) is 14.8. The van der Waals surface area contributed by atoms with Crippen LogP contribution in [0.2, 0.25) is 0 Å². The number of aromatic nitrogens is 4. The summed E-state index contributed by atoms with van der Waals surface area (Å²) in [6.07, 6.45) is 1.46. The van der Waals surface area contributed by atoms with Gasteiger partial charge in [-0.2, -0.15) is 10.1 Å². The number of rotatable bonds is 5. The van der Waals surface area contributed by atoms with Crippen LogP contribution >= 0.6 is 0 Å². The summed E-state index contributed by atoms with van der Waals surface area (Å²) in [5.74, 6) is 1.07. The van der Waals surface area contributed by atoms with Gasteiger partial charge in [-0.1, -0.05) is 0 Å². The molecular formula is C17H18N6O3. The Labute approximate surface area is 149 Å². The number of ether oxygens (including phenoxy) is 2. The lowest BCUT2D eigenvalue weighted by Crippen LogP contribution is -2.19. The standard InChI is InChI=1S/C17H18N6O3/c1-10-7-11(2)23-17(19-10)20-15(22-23)16(24)21-18-9-12-8-13(25-3)5-6-14(12)26-4/h5-9H,1-4H3,(H,21,24)/b18-9-. The molecule has 0 aliphatic carbocycles. The molecule has 3 rings (SSSR count). The summed E-state index contributed by atoms with van der Waals surface area (Å²) < 4.78 is 11.9. The molecule has 2 aromatic heterocycles. The van der Waals surface area contributed by atoms with Gasteiger partial charge in [0, 0.05) is 17.0 Å². The fraction of sp³-hybridized carbons (Fsp3) is 0.235. The lowest BCUT2D eigenvalue weighted by atomic mass is 10.2. The number of nitrogens with one attached hydrogen (secondary N) is 1. The number of hydrogen-bond donors (Lipinski definition) is 1. The molecule has 1 aromatic carbocycles. The van der Waals surface area contributed by atoms with Crippen molar-refractivity contribution < 1.29 is 14.3 Å². The molecule has 9 nitrogen and oxygen atoms in total. The normalized spacial score (nSPS) is 11.1. The number of aryl methyl sites for hydroxylation is 2. The van der Waals surface area contributed by atoms with Crippen LogP contribution in [-0.4, -0.2) is 45.9 Å². The lowest BCUT2D eigenvalue weighted by Gasteiger charge is -2.06. The molecule has 0 aliphatic heterocycles. The molecule has 0 saturated carbocycles. The molecule has 1 N–H and O–H groups in total. The minimum Gasteiger partial charge on any atom is -0.497 e. The fourth-order valence-electron chi connectivity index (χ4n) is 2.41. The molecule has 0 spiro atoms. The largest absolute Gasteiger partial charge is 0.497 e. The molecule has 9 heteroatoms. The maximum Gasteiger partial charge on any atom is 0.311 e. The third kappa shape index (κ3) is 3.46. The smallest absolute Gasteiger partial charge is 0.311 e. The number of fused-ring (bicyclic) bond motifs is 1. The van der Waals surface area contributed by atoms with Crippen LogP contribution in [0.1, 0.15) is 27.6 Å². The third-order valence-electron chi connectivity index (χ3n) is 3.63. The molecule has 0 radical (unpaired) electrons. The molecule has 1 amide bonds. The number of carbonyl (C=O) groups is 1. The van der Waals surface area contributed by atoms with E-state index in [4.69, 9.17) is 9.47 Å². The van der Waals surface area contributed by atoms with Crippen LogP contribution in [0, 0.1) is 13.8 Å². The quantitative estimate of drug-likeness (QED) is 0.550. The summed E-state index contributed by atoms with van der Waals surface area (Å²) in [6, 6.07) is 7.12. The van der Waals surface area contributed by atoms with Crippen molar-refractivity contribution in [2.24, 2.45) is 5.10 Å². The van der Waals surface area contributed by atoms with E-state index in [-0.39, 0.29) is 5.82 Å². The van der Waals surface area contributed by atoms with Crippen molar-refractivity contribution >= 4 is 17.9 Å². The van der Waals surface area contributed by atoms with Crippen LogP contribution in [0.15, 0.2) is 29.4 Å². The lowest BCUT2D eigenvalue weighted by molar-refractivity contribution is 0.0945. The van der Waals surface area contributed by atoms with Gasteiger partial charge in [-0.15, -0.1) is 5.10 Å². The Kier molecular flexibility index (Phi) is 4.78. The minimum atomic E-state index is -0.536. The van der Waals surface area contributed by atoms with Crippen molar-refractivity contribution in [3.63, 3.8) is 0 Å². The molecule has 0 bridgehead atoms. The first-order chi connectivity index (χ1) is 12.5. The van der Waals surface area contributed by atoms with Crippen LogP contribution < -0.4 is 14.9 Å². The summed E-state index contributed by atoms with van der Waals surface area (Å²) in [5, 5.41) is 8.09. The Bertz CT molecular complexity index is 996. The van der Waals surface area contributed by atoms with Crippen LogP contribution in [0.5, 0.6) is 11.5 Å². The molecule has 26 heavy (non-hydrogen) atoms. The van der Waals surface area contributed by atoms with Gasteiger partial charge in [0.05, 0.1) is 20.4 Å². The first kappa shape index (κ1) is 17.3. The van der Waals surface area contributed by atoms with Crippen LogP contribution in [-0.2, 0) is 0 Å². The van der Waals surface area contributed by atoms with Gasteiger partial charge in [-0.05, 0) is 38.1 Å². The highest BCUT2D eigenvalue weighted by molar-refractivity contribution is 5.92. The van der Waals surface area contributed by atoms with Crippen molar-refractivity contribution in [2.45, 2.75) is 13.8 Å². The van der Waals surface area contributed by atoms with Gasteiger partial charge < -0.3 is 9.47 Å². The SMILES string of the molecule is COc1ccc(OC)c(/C=N\NC(=O)c2nc3nc(C)cc(C)n3n2)c1. The molecule has 134 valence electrons. The average Bonchev–Trinajstić information content (AvgIpc) is 3.06. The highest BCUT2D eigenvalue weighted by Gasteiger charge is 2.14. The van der Waals surface area contributed by atoms with E-state index in [1.165, 1.54) is 10.7 Å². The predicted molar refractivity (Wildman–Crippen MR) is 94.9 cm³/mol. The van der Waals surface area contributed by atoms with E-state index in [2.05, 4.69) is 25.6 Å². The number of amides is 1. The number of hydrogen-bond acceptors (Lipinski definition) is 7. The third-order valence-corrected chi connectivity index (χ3v) is 3.63. The van der Waals surface area contributed by atoms with Gasteiger partial charge in [-0.25, -0.2) is 14.9 Å². The van der Waals surface area contributed by atoms with E-state index in [1.54, 1.807) is 32.4 Å². The van der Waals surface area contributed by atoms with E-state index >= 15 is 0 Å². The molecule has 0 saturated heterocycles. The van der Waals surface area contributed by atoms with Gasteiger partial charge in [-0.3, -0.25) is 4.79 Å². The predicted octanol–water partition coefficient (Wildman–Crippen LogP) is 1.52. The van der Waals surface area contributed by atoms with Crippen molar-refractivity contribution in [2.75, 3.05) is 14.2 Å². The van der Waals surface area contributed by atoms with E-state index in [0.717, 1.165) is 11.4 Å². The summed E-state index contributed by atoms with van der Waals surface area (Å²) in [5.41, 5.74) is 4.70. The van der Waals surface area contributed by atoms with Crippen LogP contribution in [0.25, 0.3) is 5.78 Å². The van der Waals surface area contributed by atoms with Gasteiger partial charge in [0.15, 0.2) is 0 Å². The second-order valence-electron chi connectivity index (χ2n) is 5.49. The summed E-state index contributed by atoms with van der Waals surface area (Å²) >= 11 is 0. The molecule has 0 fully saturated rings. The monoisotopic (exact) mass is 354 g/mol. The number of carbonyl (C=O) groups excluding carboxylic acids is 1. The maximum absolute atomic E-state index is 12.2. The maximum atomic E-state index is 12.2. The highest BCUT2D eigenvalue weighted by Crippen LogP contribution is 2.22. The van der Waals surface area contributed by atoms with Crippen LogP contribution in [0.4, 0.5) is 0 Å².